The second-order valence-corrected chi connectivity index (χ2v) is 6.38. The van der Waals surface area contributed by atoms with Crippen LogP contribution in [0, 0.1) is 6.92 Å². The van der Waals surface area contributed by atoms with Gasteiger partial charge in [-0.2, -0.15) is 0 Å². The first-order valence-electron chi connectivity index (χ1n) is 7.31. The number of aryl methyl sites for hydroxylation is 1. The van der Waals surface area contributed by atoms with E-state index < -0.39 is 0 Å². The number of benzene rings is 1. The summed E-state index contributed by atoms with van der Waals surface area (Å²) in [5, 5.41) is 7.11. The second kappa shape index (κ2) is 6.36. The molecule has 6 heteroatoms. The molecule has 0 aliphatic heterocycles. The Morgan fingerprint density at radius 3 is 2.73 bits per heavy atom. The van der Waals surface area contributed by atoms with Crippen molar-refractivity contribution >= 4 is 22.4 Å². The lowest BCUT2D eigenvalue weighted by Gasteiger charge is -2.05. The highest BCUT2D eigenvalue weighted by Gasteiger charge is 2.23. The van der Waals surface area contributed by atoms with Crippen LogP contribution in [0.4, 0.5) is 5.13 Å². The van der Waals surface area contributed by atoms with Crippen molar-refractivity contribution < 1.29 is 9.53 Å². The van der Waals surface area contributed by atoms with Crippen molar-refractivity contribution in [1.82, 2.24) is 10.3 Å². The van der Waals surface area contributed by atoms with Crippen LogP contribution >= 0.6 is 11.3 Å². The average molecular weight is 317 g/mol. The van der Waals surface area contributed by atoms with Crippen LogP contribution in [0.5, 0.6) is 5.75 Å². The SMILES string of the molecule is COc1ccc(CNC(=O)c2sc(NC3CC3)nc2C)cc1. The molecule has 116 valence electrons. The Morgan fingerprint density at radius 2 is 2.09 bits per heavy atom. The molecule has 0 atom stereocenters. The minimum Gasteiger partial charge on any atom is -0.497 e. The quantitative estimate of drug-likeness (QED) is 0.860. The Balaban J connectivity index is 1.59. The van der Waals surface area contributed by atoms with E-state index >= 15 is 0 Å². The lowest BCUT2D eigenvalue weighted by Crippen LogP contribution is -2.22. The Morgan fingerprint density at radius 1 is 1.36 bits per heavy atom. The van der Waals surface area contributed by atoms with Gasteiger partial charge in [-0.25, -0.2) is 4.98 Å². The molecule has 22 heavy (non-hydrogen) atoms. The zero-order chi connectivity index (χ0) is 15.5. The van der Waals surface area contributed by atoms with Gasteiger partial charge in [0, 0.05) is 12.6 Å². The van der Waals surface area contributed by atoms with E-state index in [0.717, 1.165) is 22.1 Å². The maximum absolute atomic E-state index is 12.3. The minimum atomic E-state index is -0.0744. The lowest BCUT2D eigenvalue weighted by molar-refractivity contribution is 0.0954. The summed E-state index contributed by atoms with van der Waals surface area (Å²) < 4.78 is 5.12. The number of carbonyl (C=O) groups is 1. The van der Waals surface area contributed by atoms with E-state index in [2.05, 4.69) is 15.6 Å². The smallest absolute Gasteiger partial charge is 0.263 e. The van der Waals surface area contributed by atoms with Crippen LogP contribution < -0.4 is 15.4 Å². The van der Waals surface area contributed by atoms with Crippen molar-refractivity contribution in [3.8, 4) is 5.75 Å². The molecule has 1 saturated carbocycles. The molecule has 1 aliphatic carbocycles. The van der Waals surface area contributed by atoms with Gasteiger partial charge in [0.25, 0.3) is 5.91 Å². The number of methoxy groups -OCH3 is 1. The van der Waals surface area contributed by atoms with Crippen LogP contribution in [-0.2, 0) is 6.54 Å². The van der Waals surface area contributed by atoms with Crippen molar-refractivity contribution in [2.45, 2.75) is 32.4 Å². The predicted molar refractivity (Wildman–Crippen MR) is 87.7 cm³/mol. The number of aromatic nitrogens is 1. The van der Waals surface area contributed by atoms with Crippen LogP contribution in [0.1, 0.15) is 33.8 Å². The van der Waals surface area contributed by atoms with Crippen LogP contribution in [0.15, 0.2) is 24.3 Å². The van der Waals surface area contributed by atoms with Crippen LogP contribution in [-0.4, -0.2) is 24.0 Å². The Bertz CT molecular complexity index is 663. The average Bonchev–Trinajstić information content (AvgIpc) is 3.26. The van der Waals surface area contributed by atoms with Gasteiger partial charge in [0.2, 0.25) is 0 Å². The molecule has 0 bridgehead atoms. The topological polar surface area (TPSA) is 63.2 Å². The molecule has 0 unspecified atom stereocenters. The molecule has 3 rings (SSSR count). The Hall–Kier alpha value is -2.08. The molecule has 0 radical (unpaired) electrons. The number of nitrogens with zero attached hydrogens (tertiary/aromatic N) is 1. The normalized spacial score (nSPS) is 13.7. The van der Waals surface area contributed by atoms with Crippen molar-refractivity contribution in [3.63, 3.8) is 0 Å². The summed E-state index contributed by atoms with van der Waals surface area (Å²) >= 11 is 1.42. The standard InChI is InChI=1S/C16H19N3O2S/c1-10-14(22-16(18-10)19-12-5-6-12)15(20)17-9-11-3-7-13(21-2)8-4-11/h3-4,7-8,12H,5-6,9H2,1-2H3,(H,17,20)(H,18,19). The maximum Gasteiger partial charge on any atom is 0.263 e. The van der Waals surface area contributed by atoms with Gasteiger partial charge in [0.05, 0.1) is 12.8 Å². The third kappa shape index (κ3) is 3.57. The summed E-state index contributed by atoms with van der Waals surface area (Å²) in [7, 11) is 1.64. The van der Waals surface area contributed by atoms with Crippen molar-refractivity contribution in [2.75, 3.05) is 12.4 Å². The van der Waals surface area contributed by atoms with E-state index in [1.165, 1.54) is 24.2 Å². The predicted octanol–water partition coefficient (Wildman–Crippen LogP) is 2.96. The number of nitrogens with one attached hydrogen (secondary N) is 2. The highest BCUT2D eigenvalue weighted by Crippen LogP contribution is 2.29. The zero-order valence-electron chi connectivity index (χ0n) is 12.7. The molecule has 2 N–H and O–H groups in total. The molecule has 1 heterocycles. The lowest BCUT2D eigenvalue weighted by atomic mass is 10.2. The number of amides is 1. The number of ether oxygens (including phenoxy) is 1. The van der Waals surface area contributed by atoms with E-state index in [4.69, 9.17) is 4.74 Å². The summed E-state index contributed by atoms with van der Waals surface area (Å²) in [5.74, 6) is 0.735. The Kier molecular flexibility index (Phi) is 4.29. The fraction of sp³-hybridized carbons (Fsp3) is 0.375. The molecular formula is C16H19N3O2S. The third-order valence-corrected chi connectivity index (χ3v) is 4.61. The van der Waals surface area contributed by atoms with Crippen molar-refractivity contribution in [2.24, 2.45) is 0 Å². The highest BCUT2D eigenvalue weighted by atomic mass is 32.1. The monoisotopic (exact) mass is 317 g/mol. The summed E-state index contributed by atoms with van der Waals surface area (Å²) in [5.41, 5.74) is 1.81. The second-order valence-electron chi connectivity index (χ2n) is 5.38. The summed E-state index contributed by atoms with van der Waals surface area (Å²) in [6.45, 7) is 2.36. The van der Waals surface area contributed by atoms with Crippen LogP contribution in [0.2, 0.25) is 0 Å². The molecule has 1 fully saturated rings. The first-order valence-corrected chi connectivity index (χ1v) is 8.12. The molecule has 0 spiro atoms. The maximum atomic E-state index is 12.3. The largest absolute Gasteiger partial charge is 0.497 e. The van der Waals surface area contributed by atoms with Gasteiger partial charge in [0.1, 0.15) is 10.6 Å². The van der Waals surface area contributed by atoms with Gasteiger partial charge in [0.15, 0.2) is 5.13 Å². The Labute approximate surface area is 133 Å². The van der Waals surface area contributed by atoms with Crippen molar-refractivity contribution in [1.29, 1.82) is 0 Å². The number of carbonyl (C=O) groups excluding carboxylic acids is 1. The summed E-state index contributed by atoms with van der Waals surface area (Å²) in [6.07, 6.45) is 2.38. The van der Waals surface area contributed by atoms with E-state index in [9.17, 15) is 4.79 Å². The van der Waals surface area contributed by atoms with Crippen LogP contribution in [0.25, 0.3) is 0 Å². The first-order chi connectivity index (χ1) is 10.7. The van der Waals surface area contributed by atoms with Crippen LogP contribution in [0.3, 0.4) is 0 Å². The minimum absolute atomic E-state index is 0.0744. The number of hydrogen-bond donors (Lipinski definition) is 2. The number of rotatable bonds is 6. The molecule has 1 aromatic carbocycles. The number of thiazole rings is 1. The third-order valence-electron chi connectivity index (χ3n) is 3.52. The zero-order valence-corrected chi connectivity index (χ0v) is 13.5. The number of hydrogen-bond acceptors (Lipinski definition) is 5. The van der Waals surface area contributed by atoms with E-state index in [1.807, 2.05) is 31.2 Å². The summed E-state index contributed by atoms with van der Waals surface area (Å²) in [6, 6.07) is 8.20. The van der Waals surface area contributed by atoms with Crippen molar-refractivity contribution in [3.05, 3.63) is 40.4 Å². The highest BCUT2D eigenvalue weighted by molar-refractivity contribution is 7.17. The summed E-state index contributed by atoms with van der Waals surface area (Å²) in [4.78, 5) is 17.4. The molecule has 0 saturated heterocycles. The molecule has 2 aromatic rings. The van der Waals surface area contributed by atoms with Gasteiger partial charge in [-0.15, -0.1) is 0 Å². The molecule has 1 amide bonds. The number of anilines is 1. The molecule has 1 aliphatic rings. The van der Waals surface area contributed by atoms with Gasteiger partial charge in [-0.05, 0) is 37.5 Å². The fourth-order valence-electron chi connectivity index (χ4n) is 2.08. The van der Waals surface area contributed by atoms with E-state index in [0.29, 0.717) is 17.5 Å². The molecular weight excluding hydrogens is 298 g/mol. The van der Waals surface area contributed by atoms with E-state index in [1.54, 1.807) is 7.11 Å². The van der Waals surface area contributed by atoms with Gasteiger partial charge in [-0.1, -0.05) is 23.5 Å². The molecule has 5 nitrogen and oxygen atoms in total. The van der Waals surface area contributed by atoms with Gasteiger partial charge < -0.3 is 15.4 Å². The fourth-order valence-corrected chi connectivity index (χ4v) is 3.04. The van der Waals surface area contributed by atoms with E-state index in [-0.39, 0.29) is 5.91 Å². The molecule has 1 aromatic heterocycles. The van der Waals surface area contributed by atoms with Gasteiger partial charge >= 0.3 is 0 Å². The van der Waals surface area contributed by atoms with Gasteiger partial charge in [-0.3, -0.25) is 4.79 Å². The first kappa shape index (κ1) is 14.8.